The Hall–Kier alpha value is -4.36. The fraction of sp³-hybridized carbons (Fsp3) is 0.269. The summed E-state index contributed by atoms with van der Waals surface area (Å²) in [6, 6.07) is 11.3. The lowest BCUT2D eigenvalue weighted by Crippen LogP contribution is -2.36. The molecule has 0 bridgehead atoms. The number of alkyl halides is 3. The molecule has 1 aliphatic rings. The number of hydrogen-bond donors (Lipinski definition) is 2. The molecule has 0 amide bonds. The van der Waals surface area contributed by atoms with Gasteiger partial charge >= 0.3 is 12.1 Å². The van der Waals surface area contributed by atoms with Gasteiger partial charge in [0.05, 0.1) is 30.0 Å². The van der Waals surface area contributed by atoms with E-state index in [0.29, 0.717) is 24.4 Å². The van der Waals surface area contributed by atoms with Crippen LogP contribution in [0.2, 0.25) is 0 Å². The molecule has 0 aliphatic carbocycles. The van der Waals surface area contributed by atoms with Gasteiger partial charge in [-0.2, -0.15) is 13.2 Å². The Morgan fingerprint density at radius 1 is 1.10 bits per heavy atom. The normalized spacial score (nSPS) is 14.0. The number of carboxylic acids is 1. The van der Waals surface area contributed by atoms with Gasteiger partial charge in [-0.05, 0) is 42.5 Å². The van der Waals surface area contributed by atoms with Gasteiger partial charge in [0.25, 0.3) is 0 Å². The predicted molar refractivity (Wildman–Crippen MR) is 136 cm³/mol. The molecule has 1 aromatic carbocycles. The molecule has 5 rings (SSSR count). The van der Waals surface area contributed by atoms with Crippen molar-refractivity contribution >= 4 is 34.2 Å². The monoisotopic (exact) mass is 540 g/mol. The van der Waals surface area contributed by atoms with Gasteiger partial charge in [0, 0.05) is 42.4 Å². The van der Waals surface area contributed by atoms with Gasteiger partial charge in [-0.3, -0.25) is 4.98 Å². The van der Waals surface area contributed by atoms with Crippen molar-refractivity contribution < 1.29 is 32.5 Å². The second-order valence-corrected chi connectivity index (χ2v) is 8.64. The number of nitrogens with one attached hydrogen (secondary N) is 1. The van der Waals surface area contributed by atoms with Crippen molar-refractivity contribution in [2.75, 3.05) is 43.1 Å². The number of anilines is 3. The van der Waals surface area contributed by atoms with Crippen LogP contribution >= 0.6 is 0 Å². The third-order valence-corrected chi connectivity index (χ3v) is 5.93. The maximum Gasteiger partial charge on any atom is 0.418 e. The van der Waals surface area contributed by atoms with Gasteiger partial charge in [-0.15, -0.1) is 0 Å². The fourth-order valence-electron chi connectivity index (χ4n) is 4.16. The molecule has 202 valence electrons. The van der Waals surface area contributed by atoms with Gasteiger partial charge in [0.1, 0.15) is 18.7 Å². The molecule has 1 aliphatic heterocycles. The summed E-state index contributed by atoms with van der Waals surface area (Å²) >= 11 is 0. The summed E-state index contributed by atoms with van der Waals surface area (Å²) in [5.41, 5.74) is 1.22. The minimum absolute atomic E-state index is 0.118. The molecule has 39 heavy (non-hydrogen) atoms. The molecule has 2 N–H and O–H groups in total. The van der Waals surface area contributed by atoms with E-state index in [2.05, 4.69) is 30.2 Å². The van der Waals surface area contributed by atoms with E-state index in [1.165, 1.54) is 24.5 Å². The van der Waals surface area contributed by atoms with Gasteiger partial charge < -0.3 is 24.8 Å². The van der Waals surface area contributed by atoms with E-state index in [1.807, 2.05) is 24.3 Å². The predicted octanol–water partition coefficient (Wildman–Crippen LogP) is 4.29. The SMILES string of the molecule is O=C(O)COCc1nc(Nc2ccc(N3CCOCC3)cc2)c2ncc(-c3ncccc3C(F)(F)F)cc2n1. The zero-order chi connectivity index (χ0) is 27.4. The van der Waals surface area contributed by atoms with Gasteiger partial charge in [0.15, 0.2) is 11.6 Å². The maximum absolute atomic E-state index is 13.6. The Labute approximate surface area is 220 Å². The van der Waals surface area contributed by atoms with E-state index in [4.69, 9.17) is 14.6 Å². The van der Waals surface area contributed by atoms with Crippen LogP contribution in [0.15, 0.2) is 54.9 Å². The Bertz CT molecular complexity index is 1480. The summed E-state index contributed by atoms with van der Waals surface area (Å²) in [6.45, 7) is 2.12. The first-order chi connectivity index (χ1) is 18.8. The zero-order valence-corrected chi connectivity index (χ0v) is 20.5. The highest BCUT2D eigenvalue weighted by atomic mass is 19.4. The minimum atomic E-state index is -4.61. The van der Waals surface area contributed by atoms with Crippen LogP contribution in [0.4, 0.5) is 30.4 Å². The van der Waals surface area contributed by atoms with Crippen molar-refractivity contribution in [3.8, 4) is 11.3 Å². The van der Waals surface area contributed by atoms with Gasteiger partial charge in [0.2, 0.25) is 0 Å². The molecular formula is C26H23F3N6O4. The lowest BCUT2D eigenvalue weighted by molar-refractivity contribution is -0.142. The van der Waals surface area contributed by atoms with Crippen LogP contribution in [0.1, 0.15) is 11.4 Å². The third-order valence-electron chi connectivity index (χ3n) is 5.93. The number of carbonyl (C=O) groups is 1. The summed E-state index contributed by atoms with van der Waals surface area (Å²) in [4.78, 5) is 30.2. The lowest BCUT2D eigenvalue weighted by Gasteiger charge is -2.28. The Morgan fingerprint density at radius 3 is 2.59 bits per heavy atom. The summed E-state index contributed by atoms with van der Waals surface area (Å²) in [6.07, 6.45) is -2.05. The molecule has 4 aromatic rings. The van der Waals surface area contributed by atoms with Crippen molar-refractivity contribution in [2.45, 2.75) is 12.8 Å². The first-order valence-electron chi connectivity index (χ1n) is 12.0. The van der Waals surface area contributed by atoms with Crippen molar-refractivity contribution in [1.29, 1.82) is 0 Å². The number of aliphatic carboxylic acids is 1. The number of hydrogen-bond acceptors (Lipinski definition) is 9. The number of fused-ring (bicyclic) bond motifs is 1. The minimum Gasteiger partial charge on any atom is -0.480 e. The van der Waals surface area contributed by atoms with Crippen LogP contribution in [0.25, 0.3) is 22.3 Å². The number of nitrogens with zero attached hydrogens (tertiary/aromatic N) is 5. The Balaban J connectivity index is 1.50. The average Bonchev–Trinajstić information content (AvgIpc) is 2.93. The number of halogens is 3. The summed E-state index contributed by atoms with van der Waals surface area (Å²) in [5, 5.41) is 12.1. The third kappa shape index (κ3) is 6.21. The number of carboxylic acid groups (broad SMARTS) is 1. The highest BCUT2D eigenvalue weighted by molar-refractivity contribution is 5.89. The molecule has 13 heteroatoms. The van der Waals surface area contributed by atoms with Crippen molar-refractivity contribution in [1.82, 2.24) is 19.9 Å². The Morgan fingerprint density at radius 2 is 1.87 bits per heavy atom. The van der Waals surface area contributed by atoms with Crippen molar-refractivity contribution in [3.05, 3.63) is 66.2 Å². The van der Waals surface area contributed by atoms with E-state index in [-0.39, 0.29) is 35.0 Å². The quantitative estimate of drug-likeness (QED) is 0.335. The van der Waals surface area contributed by atoms with Crippen LogP contribution in [0, 0.1) is 0 Å². The molecule has 0 saturated carbocycles. The molecule has 3 aromatic heterocycles. The number of morpholine rings is 1. The van der Waals surface area contributed by atoms with E-state index in [9.17, 15) is 18.0 Å². The summed E-state index contributed by atoms with van der Waals surface area (Å²) in [5.74, 6) is -0.739. The van der Waals surface area contributed by atoms with Crippen LogP contribution in [-0.4, -0.2) is 63.9 Å². The number of aromatic nitrogens is 4. The number of ether oxygens (including phenoxy) is 2. The summed E-state index contributed by atoms with van der Waals surface area (Å²) in [7, 11) is 0. The number of rotatable bonds is 8. The van der Waals surface area contributed by atoms with Gasteiger partial charge in [-0.25, -0.2) is 19.7 Å². The topological polar surface area (TPSA) is 123 Å². The standard InChI is InChI=1S/C26H23F3N6O4/c27-26(28,29)19-2-1-7-30-23(19)16-12-20-24(31-13-16)25(34-21(33-20)14-39-15-22(36)37)32-17-3-5-18(6-4-17)35-8-10-38-11-9-35/h1-7,12-13H,8-11,14-15H2,(H,36,37)(H,32,33,34). The Kier molecular flexibility index (Phi) is 7.52. The first kappa shape index (κ1) is 26.3. The smallest absolute Gasteiger partial charge is 0.418 e. The average molecular weight is 541 g/mol. The van der Waals surface area contributed by atoms with E-state index < -0.39 is 24.3 Å². The molecule has 0 spiro atoms. The van der Waals surface area contributed by atoms with Crippen LogP contribution in [-0.2, 0) is 27.1 Å². The molecule has 1 saturated heterocycles. The molecule has 4 heterocycles. The fourth-order valence-corrected chi connectivity index (χ4v) is 4.16. The largest absolute Gasteiger partial charge is 0.480 e. The molecule has 0 unspecified atom stereocenters. The van der Waals surface area contributed by atoms with Crippen LogP contribution in [0.5, 0.6) is 0 Å². The highest BCUT2D eigenvalue weighted by Gasteiger charge is 2.34. The van der Waals surface area contributed by atoms with E-state index in [0.717, 1.165) is 24.8 Å². The second kappa shape index (κ2) is 11.2. The second-order valence-electron chi connectivity index (χ2n) is 8.64. The molecular weight excluding hydrogens is 517 g/mol. The molecule has 0 radical (unpaired) electrons. The van der Waals surface area contributed by atoms with E-state index in [1.54, 1.807) is 0 Å². The molecule has 0 atom stereocenters. The lowest BCUT2D eigenvalue weighted by atomic mass is 10.1. The number of benzene rings is 1. The van der Waals surface area contributed by atoms with Crippen molar-refractivity contribution in [3.63, 3.8) is 0 Å². The van der Waals surface area contributed by atoms with Gasteiger partial charge in [-0.1, -0.05) is 0 Å². The van der Waals surface area contributed by atoms with Crippen molar-refractivity contribution in [2.24, 2.45) is 0 Å². The molecule has 1 fully saturated rings. The maximum atomic E-state index is 13.6. The number of pyridine rings is 2. The van der Waals surface area contributed by atoms with E-state index >= 15 is 0 Å². The summed E-state index contributed by atoms with van der Waals surface area (Å²) < 4.78 is 51.3. The zero-order valence-electron chi connectivity index (χ0n) is 20.5. The highest BCUT2D eigenvalue weighted by Crippen LogP contribution is 2.36. The van der Waals surface area contributed by atoms with Crippen LogP contribution in [0.3, 0.4) is 0 Å². The van der Waals surface area contributed by atoms with Crippen LogP contribution < -0.4 is 10.2 Å². The first-order valence-corrected chi connectivity index (χ1v) is 12.0. The molecule has 10 nitrogen and oxygen atoms in total.